The second-order valence-electron chi connectivity index (χ2n) is 6.46. The van der Waals surface area contributed by atoms with Crippen LogP contribution in [0.5, 0.6) is 0 Å². The number of amides is 1. The van der Waals surface area contributed by atoms with Crippen molar-refractivity contribution in [1.29, 1.82) is 0 Å². The monoisotopic (exact) mass is 376 g/mol. The van der Waals surface area contributed by atoms with Crippen LogP contribution in [0.3, 0.4) is 0 Å². The van der Waals surface area contributed by atoms with Gasteiger partial charge < -0.3 is 25.7 Å². The Morgan fingerprint density at radius 3 is 2.67 bits per heavy atom. The molecule has 1 aliphatic rings. The van der Waals surface area contributed by atoms with E-state index in [4.69, 9.17) is 4.84 Å². The second-order valence-corrected chi connectivity index (χ2v) is 6.46. The van der Waals surface area contributed by atoms with Gasteiger partial charge >= 0.3 is 18.0 Å². The molecule has 0 saturated heterocycles. The molecule has 10 nitrogen and oxygen atoms in total. The van der Waals surface area contributed by atoms with Crippen LogP contribution < -0.4 is 15.9 Å². The summed E-state index contributed by atoms with van der Waals surface area (Å²) >= 11 is 0. The number of fused-ring (bicyclic) bond motifs is 1. The van der Waals surface area contributed by atoms with Crippen molar-refractivity contribution in [3.8, 4) is 0 Å². The summed E-state index contributed by atoms with van der Waals surface area (Å²) < 4.78 is 4.95. The van der Waals surface area contributed by atoms with E-state index in [9.17, 15) is 19.5 Å². The number of pyridine rings is 1. The average molecular weight is 376 g/mol. The molecule has 0 aliphatic heterocycles. The smallest absolute Gasteiger partial charge is 0.388 e. The molecule has 2 aromatic rings. The van der Waals surface area contributed by atoms with Crippen molar-refractivity contribution in [3.63, 3.8) is 0 Å². The number of nitrogens with zero attached hydrogens (tertiary/aromatic N) is 2. The Labute approximate surface area is 154 Å². The van der Waals surface area contributed by atoms with Crippen LogP contribution in [-0.4, -0.2) is 45.0 Å². The molecule has 0 radical (unpaired) electrons. The van der Waals surface area contributed by atoms with E-state index in [2.05, 4.69) is 20.8 Å². The highest BCUT2D eigenvalue weighted by Crippen LogP contribution is 2.29. The van der Waals surface area contributed by atoms with Crippen molar-refractivity contribution in [2.45, 2.75) is 37.7 Å². The molecule has 0 aromatic carbocycles. The van der Waals surface area contributed by atoms with E-state index in [1.807, 2.05) is 0 Å². The molecule has 0 bridgehead atoms. The number of carbonyl (C=O) groups is 3. The molecule has 0 unspecified atom stereocenters. The third-order valence-corrected chi connectivity index (χ3v) is 4.49. The Morgan fingerprint density at radius 2 is 1.96 bits per heavy atom. The van der Waals surface area contributed by atoms with E-state index in [-0.39, 0.29) is 5.65 Å². The predicted molar refractivity (Wildman–Crippen MR) is 93.5 cm³/mol. The van der Waals surface area contributed by atoms with Crippen molar-refractivity contribution >= 4 is 34.8 Å². The molecule has 4 N–H and O–H groups in total. The Hall–Kier alpha value is -3.14. The molecule has 3 rings (SSSR count). The summed E-state index contributed by atoms with van der Waals surface area (Å²) in [5.41, 5.74) is 4.91. The zero-order valence-corrected chi connectivity index (χ0v) is 14.5. The minimum absolute atomic E-state index is 0.274. The molecule has 0 spiro atoms. The number of carbonyl (C=O) groups excluding carboxylic acids is 3. The predicted octanol–water partition coefficient (Wildman–Crippen LogP) is 0.720. The second kappa shape index (κ2) is 7.62. The van der Waals surface area contributed by atoms with Crippen LogP contribution in [0.25, 0.3) is 11.0 Å². The van der Waals surface area contributed by atoms with Gasteiger partial charge in [-0.15, -0.1) is 0 Å². The summed E-state index contributed by atoms with van der Waals surface area (Å²) in [5.74, 6) is -2.94. The first-order valence-corrected chi connectivity index (χ1v) is 8.54. The van der Waals surface area contributed by atoms with Crippen LogP contribution in [0.2, 0.25) is 0 Å². The lowest BCUT2D eigenvalue weighted by atomic mass is 9.85. The fourth-order valence-electron chi connectivity index (χ4n) is 3.15. The Balaban J connectivity index is 1.73. The van der Waals surface area contributed by atoms with E-state index in [0.717, 1.165) is 36.8 Å². The van der Waals surface area contributed by atoms with Crippen LogP contribution in [-0.2, 0) is 14.3 Å². The topological polar surface area (TPSA) is 146 Å². The average Bonchev–Trinajstić information content (AvgIpc) is 3.03. The molecule has 1 fully saturated rings. The van der Waals surface area contributed by atoms with Crippen LogP contribution >= 0.6 is 0 Å². The normalized spacial score (nSPS) is 15.9. The van der Waals surface area contributed by atoms with Gasteiger partial charge in [-0.05, 0) is 25.0 Å². The lowest BCUT2D eigenvalue weighted by molar-refractivity contribution is -0.163. The van der Waals surface area contributed by atoms with Gasteiger partial charge in [0.15, 0.2) is 5.65 Å². The maximum Gasteiger partial charge on any atom is 0.442 e. The van der Waals surface area contributed by atoms with Gasteiger partial charge in [-0.1, -0.05) is 19.3 Å². The van der Waals surface area contributed by atoms with Crippen LogP contribution in [0, 0.1) is 0 Å². The highest BCUT2D eigenvalue weighted by atomic mass is 16.7. The first kappa shape index (κ1) is 18.6. The maximum absolute atomic E-state index is 11.6. The lowest BCUT2D eigenvalue weighted by Gasteiger charge is -2.32. The standard InChI is InChI=1S/C17H20N4O6/c18-16(24)26-14(22)15(23)27-21-9-5-11-12(4-8-19-13(11)21)20-10-17(25)6-2-1-3-7-17/h4-5,8-9,25H,1-3,6-7,10H2,(H2,18,24)(H,19,20). The van der Waals surface area contributed by atoms with Gasteiger partial charge in [0.2, 0.25) is 0 Å². The van der Waals surface area contributed by atoms with Gasteiger partial charge in [0, 0.05) is 30.0 Å². The van der Waals surface area contributed by atoms with Gasteiger partial charge in [0.05, 0.1) is 5.60 Å². The number of nitrogens with two attached hydrogens (primary N) is 1. The number of primary amides is 1. The van der Waals surface area contributed by atoms with Gasteiger partial charge in [0.1, 0.15) is 0 Å². The van der Waals surface area contributed by atoms with Crippen molar-refractivity contribution in [2.24, 2.45) is 5.73 Å². The third-order valence-electron chi connectivity index (χ3n) is 4.49. The minimum Gasteiger partial charge on any atom is -0.388 e. The third kappa shape index (κ3) is 4.34. The number of ether oxygens (including phenoxy) is 1. The number of esters is 1. The molecular weight excluding hydrogens is 356 g/mol. The Kier molecular flexibility index (Phi) is 5.26. The van der Waals surface area contributed by atoms with Gasteiger partial charge in [-0.3, -0.25) is 0 Å². The number of nitrogens with one attached hydrogen (secondary N) is 1. The summed E-state index contributed by atoms with van der Waals surface area (Å²) in [6.07, 6.45) is 6.11. The molecule has 0 atom stereocenters. The number of anilines is 1. The van der Waals surface area contributed by atoms with Crippen molar-refractivity contribution in [2.75, 3.05) is 11.9 Å². The van der Waals surface area contributed by atoms with E-state index < -0.39 is 23.6 Å². The van der Waals surface area contributed by atoms with Crippen LogP contribution in [0.1, 0.15) is 32.1 Å². The Morgan fingerprint density at radius 1 is 1.22 bits per heavy atom. The molecule has 1 saturated carbocycles. The van der Waals surface area contributed by atoms with Gasteiger partial charge in [0.25, 0.3) is 0 Å². The van der Waals surface area contributed by atoms with Crippen molar-refractivity contribution in [1.82, 2.24) is 9.71 Å². The molecule has 27 heavy (non-hydrogen) atoms. The maximum atomic E-state index is 11.6. The van der Waals surface area contributed by atoms with E-state index in [1.54, 1.807) is 12.1 Å². The summed E-state index contributed by atoms with van der Waals surface area (Å²) in [7, 11) is 0. The fourth-order valence-corrected chi connectivity index (χ4v) is 3.15. The van der Waals surface area contributed by atoms with Crippen LogP contribution in [0.15, 0.2) is 24.5 Å². The van der Waals surface area contributed by atoms with Crippen molar-refractivity contribution in [3.05, 3.63) is 24.5 Å². The molecule has 2 heterocycles. The SMILES string of the molecule is NC(=O)OC(=O)C(=O)On1ccc2c(NCC3(O)CCCCC3)ccnc21. The zero-order chi connectivity index (χ0) is 19.4. The quantitative estimate of drug-likeness (QED) is 0.402. The van der Waals surface area contributed by atoms with Gasteiger partial charge in [-0.25, -0.2) is 19.4 Å². The fraction of sp³-hybridized carbons (Fsp3) is 0.412. The molecular formula is C17H20N4O6. The van der Waals surface area contributed by atoms with E-state index in [0.29, 0.717) is 17.6 Å². The van der Waals surface area contributed by atoms with E-state index >= 15 is 0 Å². The van der Waals surface area contributed by atoms with Gasteiger partial charge in [-0.2, -0.15) is 4.73 Å². The van der Waals surface area contributed by atoms with Crippen LogP contribution in [0.4, 0.5) is 10.5 Å². The lowest BCUT2D eigenvalue weighted by Crippen LogP contribution is -2.38. The summed E-state index contributed by atoms with van der Waals surface area (Å²) in [4.78, 5) is 42.5. The minimum atomic E-state index is -1.53. The Bertz CT molecular complexity index is 871. The number of hydrogen-bond acceptors (Lipinski definition) is 8. The summed E-state index contributed by atoms with van der Waals surface area (Å²) in [6, 6.07) is 3.38. The molecule has 2 aromatic heterocycles. The highest BCUT2D eigenvalue weighted by Gasteiger charge is 2.29. The summed E-state index contributed by atoms with van der Waals surface area (Å²) in [6.45, 7) is 0.391. The highest BCUT2D eigenvalue weighted by molar-refractivity contribution is 6.31. The molecule has 1 aliphatic carbocycles. The largest absolute Gasteiger partial charge is 0.442 e. The van der Waals surface area contributed by atoms with E-state index in [1.165, 1.54) is 12.4 Å². The van der Waals surface area contributed by atoms with Crippen molar-refractivity contribution < 1.29 is 29.1 Å². The number of rotatable bonds is 4. The summed E-state index contributed by atoms with van der Waals surface area (Å²) in [5, 5.41) is 14.5. The molecule has 10 heteroatoms. The number of aromatic nitrogens is 2. The number of aliphatic hydroxyl groups is 1. The molecule has 1 amide bonds. The zero-order valence-electron chi connectivity index (χ0n) is 14.5. The first-order valence-electron chi connectivity index (χ1n) is 8.54. The first-order chi connectivity index (χ1) is 12.9. The number of hydrogen-bond donors (Lipinski definition) is 3. The molecule has 144 valence electrons.